The lowest BCUT2D eigenvalue weighted by Crippen LogP contribution is -2.45. The molecule has 1 N–H and O–H groups in total. The summed E-state index contributed by atoms with van der Waals surface area (Å²) < 4.78 is 5.26. The van der Waals surface area contributed by atoms with E-state index in [1.54, 1.807) is 19.2 Å². The third-order valence-corrected chi connectivity index (χ3v) is 5.23. The Bertz CT molecular complexity index is 751. The van der Waals surface area contributed by atoms with Crippen molar-refractivity contribution < 1.29 is 19.1 Å². The van der Waals surface area contributed by atoms with Gasteiger partial charge in [-0.25, -0.2) is 0 Å². The van der Waals surface area contributed by atoms with Gasteiger partial charge >= 0.3 is 0 Å². The van der Waals surface area contributed by atoms with Crippen LogP contribution >= 0.6 is 0 Å². The van der Waals surface area contributed by atoms with E-state index in [0.717, 1.165) is 6.42 Å². The summed E-state index contributed by atoms with van der Waals surface area (Å²) in [5.74, 6) is -0.363. The van der Waals surface area contributed by atoms with E-state index >= 15 is 0 Å². The maximum absolute atomic E-state index is 12.7. The molecule has 1 aromatic carbocycles. The van der Waals surface area contributed by atoms with Gasteiger partial charge in [0.1, 0.15) is 5.75 Å². The maximum atomic E-state index is 12.7. The fraction of sp³-hybridized carbons (Fsp3) is 0.476. The molecule has 0 aromatic heterocycles. The molecule has 150 valence electrons. The number of fused-ring (bicyclic) bond motifs is 1. The van der Waals surface area contributed by atoms with Crippen LogP contribution in [0.2, 0.25) is 0 Å². The Hall–Kier alpha value is -2.67. The van der Waals surface area contributed by atoms with E-state index in [1.807, 2.05) is 36.1 Å². The molecule has 2 atom stereocenters. The summed E-state index contributed by atoms with van der Waals surface area (Å²) in [6, 6.07) is 7.19. The van der Waals surface area contributed by atoms with Crippen LogP contribution in [-0.4, -0.2) is 54.4 Å². The van der Waals surface area contributed by atoms with Crippen molar-refractivity contribution >= 4 is 23.4 Å². The van der Waals surface area contributed by atoms with Crippen LogP contribution in [0.1, 0.15) is 26.2 Å². The van der Waals surface area contributed by atoms with Crippen LogP contribution in [0.25, 0.3) is 0 Å². The molecule has 1 saturated heterocycles. The monoisotopic (exact) mass is 385 g/mol. The maximum Gasteiger partial charge on any atom is 0.238 e. The Morgan fingerprint density at radius 3 is 2.43 bits per heavy atom. The normalized spacial score (nSPS) is 21.2. The number of benzene rings is 1. The fourth-order valence-corrected chi connectivity index (χ4v) is 3.87. The molecule has 0 radical (unpaired) electrons. The highest BCUT2D eigenvalue weighted by Crippen LogP contribution is 2.35. The molecule has 3 amide bonds. The van der Waals surface area contributed by atoms with Crippen LogP contribution < -0.4 is 10.1 Å². The first-order valence-corrected chi connectivity index (χ1v) is 9.70. The molecule has 0 spiro atoms. The van der Waals surface area contributed by atoms with E-state index in [0.29, 0.717) is 30.8 Å². The third kappa shape index (κ3) is 4.25. The van der Waals surface area contributed by atoms with Gasteiger partial charge in [0.2, 0.25) is 17.7 Å². The second-order valence-corrected chi connectivity index (χ2v) is 7.20. The summed E-state index contributed by atoms with van der Waals surface area (Å²) in [7, 11) is 1.55. The number of nitrogens with zero attached hydrogens (tertiary/aromatic N) is 2. The van der Waals surface area contributed by atoms with Crippen molar-refractivity contribution in [3.8, 4) is 5.75 Å². The number of carbonyl (C=O) groups excluding carboxylic acids is 3. The molecule has 0 unspecified atom stereocenters. The molecular weight excluding hydrogens is 358 g/mol. The van der Waals surface area contributed by atoms with E-state index < -0.39 is 0 Å². The number of nitrogens with one attached hydrogen (secondary N) is 1. The highest BCUT2D eigenvalue weighted by atomic mass is 16.5. The van der Waals surface area contributed by atoms with Crippen LogP contribution in [0.3, 0.4) is 0 Å². The van der Waals surface area contributed by atoms with Crippen LogP contribution in [0.5, 0.6) is 5.75 Å². The summed E-state index contributed by atoms with van der Waals surface area (Å²) in [4.78, 5) is 41.1. The van der Waals surface area contributed by atoms with Gasteiger partial charge in [-0.1, -0.05) is 31.2 Å². The van der Waals surface area contributed by atoms with Crippen molar-refractivity contribution in [2.75, 3.05) is 32.2 Å². The minimum Gasteiger partial charge on any atom is -0.495 e. The molecule has 0 saturated carbocycles. The predicted octanol–water partition coefficient (Wildman–Crippen LogP) is 2.25. The van der Waals surface area contributed by atoms with Gasteiger partial charge in [-0.15, -0.1) is 0 Å². The summed E-state index contributed by atoms with van der Waals surface area (Å²) in [6.45, 7) is 2.86. The van der Waals surface area contributed by atoms with Gasteiger partial charge in [-0.2, -0.15) is 0 Å². The molecule has 28 heavy (non-hydrogen) atoms. The van der Waals surface area contributed by atoms with Crippen molar-refractivity contribution in [3.05, 3.63) is 36.4 Å². The molecule has 1 heterocycles. The highest BCUT2D eigenvalue weighted by Gasteiger charge is 2.47. The number of methoxy groups -OCH3 is 1. The Kier molecular flexibility index (Phi) is 6.46. The van der Waals surface area contributed by atoms with Crippen LogP contribution in [0, 0.1) is 11.8 Å². The molecule has 0 bridgehead atoms. The van der Waals surface area contributed by atoms with Crippen LogP contribution in [0.15, 0.2) is 36.4 Å². The number of ether oxygens (including phenoxy) is 1. The Balaban J connectivity index is 1.64. The number of likely N-dealkylation sites (tertiary alicyclic amines) is 1. The predicted molar refractivity (Wildman–Crippen MR) is 106 cm³/mol. The van der Waals surface area contributed by atoms with Gasteiger partial charge in [0.25, 0.3) is 0 Å². The first-order chi connectivity index (χ1) is 13.5. The zero-order chi connectivity index (χ0) is 20.1. The van der Waals surface area contributed by atoms with E-state index in [4.69, 9.17) is 4.74 Å². The molecule has 3 rings (SSSR count). The van der Waals surface area contributed by atoms with Crippen molar-refractivity contribution in [1.82, 2.24) is 9.80 Å². The molecule has 1 aliphatic heterocycles. The van der Waals surface area contributed by atoms with Gasteiger partial charge in [0.15, 0.2) is 0 Å². The smallest absolute Gasteiger partial charge is 0.238 e. The molecule has 1 aromatic rings. The topological polar surface area (TPSA) is 79.0 Å². The van der Waals surface area contributed by atoms with Crippen molar-refractivity contribution in [1.29, 1.82) is 0 Å². The Labute approximate surface area is 165 Å². The summed E-state index contributed by atoms with van der Waals surface area (Å²) in [5.41, 5.74) is 0.594. The number of amides is 3. The third-order valence-electron chi connectivity index (χ3n) is 5.23. The lowest BCUT2D eigenvalue weighted by atomic mass is 9.85. The summed E-state index contributed by atoms with van der Waals surface area (Å²) in [5, 5.41) is 2.84. The number of rotatable bonds is 8. The molecule has 7 nitrogen and oxygen atoms in total. The minimum atomic E-state index is -0.247. The van der Waals surface area contributed by atoms with Crippen molar-refractivity contribution in [2.24, 2.45) is 11.8 Å². The van der Waals surface area contributed by atoms with E-state index in [1.165, 1.54) is 4.90 Å². The lowest BCUT2D eigenvalue weighted by molar-refractivity contribution is -0.143. The number of para-hydroxylation sites is 2. The average molecular weight is 385 g/mol. The number of allylic oxidation sites excluding steroid dienone is 2. The van der Waals surface area contributed by atoms with Crippen molar-refractivity contribution in [2.45, 2.75) is 26.2 Å². The fourth-order valence-electron chi connectivity index (χ4n) is 3.87. The molecular formula is C21H27N3O4. The second-order valence-electron chi connectivity index (χ2n) is 7.20. The van der Waals surface area contributed by atoms with Gasteiger partial charge in [0, 0.05) is 6.54 Å². The quantitative estimate of drug-likeness (QED) is 0.549. The van der Waals surface area contributed by atoms with Gasteiger partial charge in [0.05, 0.1) is 37.8 Å². The molecule has 7 heteroatoms. The standard InChI is InChI=1S/C21H27N3O4/c1-3-12-23(13-19(25)22-17-10-6-7-11-18(17)28-2)14-24-20(26)15-8-4-5-9-16(15)21(24)27/h4-7,10-11,15-16H,3,8-9,12-14H2,1-2H3,(H,22,25)/t15-,16-/m0/s1. The number of anilines is 1. The van der Waals surface area contributed by atoms with Crippen LogP contribution in [0.4, 0.5) is 5.69 Å². The first kappa shape index (κ1) is 20.1. The lowest BCUT2D eigenvalue weighted by Gasteiger charge is -2.26. The molecule has 1 aliphatic carbocycles. The Morgan fingerprint density at radius 2 is 1.82 bits per heavy atom. The number of imide groups is 1. The zero-order valence-corrected chi connectivity index (χ0v) is 16.4. The summed E-state index contributed by atoms with van der Waals surface area (Å²) in [6.07, 6.45) is 5.99. The summed E-state index contributed by atoms with van der Waals surface area (Å²) >= 11 is 0. The van der Waals surface area contributed by atoms with E-state index in [2.05, 4.69) is 5.32 Å². The van der Waals surface area contributed by atoms with Gasteiger partial charge in [-0.3, -0.25) is 24.2 Å². The van der Waals surface area contributed by atoms with E-state index in [-0.39, 0.29) is 42.8 Å². The first-order valence-electron chi connectivity index (χ1n) is 9.70. The minimum absolute atomic E-state index is 0.0938. The van der Waals surface area contributed by atoms with Crippen molar-refractivity contribution in [3.63, 3.8) is 0 Å². The van der Waals surface area contributed by atoms with Crippen LogP contribution in [-0.2, 0) is 14.4 Å². The number of carbonyl (C=O) groups is 3. The van der Waals surface area contributed by atoms with Gasteiger partial charge < -0.3 is 10.1 Å². The highest BCUT2D eigenvalue weighted by molar-refractivity contribution is 6.05. The zero-order valence-electron chi connectivity index (χ0n) is 16.4. The number of hydrogen-bond donors (Lipinski definition) is 1. The van der Waals surface area contributed by atoms with E-state index in [9.17, 15) is 14.4 Å². The Morgan fingerprint density at radius 1 is 1.18 bits per heavy atom. The average Bonchev–Trinajstić information content (AvgIpc) is 2.94. The largest absolute Gasteiger partial charge is 0.495 e. The SMILES string of the molecule is CCCN(CC(=O)Nc1ccccc1OC)CN1C(=O)[C@H]2CC=CC[C@@H]2C1=O. The molecule has 2 aliphatic rings. The molecule has 1 fully saturated rings. The van der Waals surface area contributed by atoms with Gasteiger partial charge in [-0.05, 0) is 31.4 Å². The number of hydrogen-bond acceptors (Lipinski definition) is 5. The second kappa shape index (κ2) is 9.01.